The quantitative estimate of drug-likeness (QED) is 0.115. The smallest absolute Gasteiger partial charge is 0.345 e. The van der Waals surface area contributed by atoms with E-state index in [1.807, 2.05) is 38.1 Å². The Morgan fingerprint density at radius 1 is 0.940 bits per heavy atom. The Kier molecular flexibility index (Phi) is 13.8. The first-order valence-corrected chi connectivity index (χ1v) is 23.7. The Balaban J connectivity index is 1.15. The molecule has 3 N–H and O–H groups in total. The summed E-state index contributed by atoms with van der Waals surface area (Å²) >= 11 is 16.1. The molecule has 6 aromatic rings. The van der Waals surface area contributed by atoms with Crippen LogP contribution in [0, 0.1) is 19.3 Å². The van der Waals surface area contributed by atoms with Crippen LogP contribution in [0.4, 0.5) is 0 Å². The second-order valence-electron chi connectivity index (χ2n) is 17.6. The second kappa shape index (κ2) is 19.7. The maximum atomic E-state index is 13.4. The molecule has 3 aliphatic heterocycles. The van der Waals surface area contributed by atoms with Gasteiger partial charge >= 0.3 is 5.97 Å². The molecule has 4 bridgehead atoms. The largest absolute Gasteiger partial charge is 0.496 e. The molecule has 0 spiro atoms. The lowest BCUT2D eigenvalue weighted by Crippen LogP contribution is -2.49. The average Bonchev–Trinajstić information content (AvgIpc) is 3.70. The van der Waals surface area contributed by atoms with Crippen molar-refractivity contribution < 1.29 is 43.8 Å². The number of aliphatic carboxylic acids is 1. The summed E-state index contributed by atoms with van der Waals surface area (Å²) in [7, 11) is 3.70. The van der Waals surface area contributed by atoms with Crippen LogP contribution >= 0.6 is 34.5 Å². The molecule has 0 amide bonds. The summed E-state index contributed by atoms with van der Waals surface area (Å²) in [4.78, 5) is 38.0. The zero-order valence-corrected chi connectivity index (χ0v) is 40.0. The van der Waals surface area contributed by atoms with Crippen molar-refractivity contribution in [3.05, 3.63) is 98.4 Å². The molecule has 15 nitrogen and oxygen atoms in total. The number of hydrogen-bond acceptors (Lipinski definition) is 15. The molecule has 67 heavy (non-hydrogen) atoms. The first-order valence-electron chi connectivity index (χ1n) is 22.2. The van der Waals surface area contributed by atoms with E-state index in [-0.39, 0.29) is 44.6 Å². The maximum absolute atomic E-state index is 13.4. The summed E-state index contributed by atoms with van der Waals surface area (Å²) in [6.45, 7) is 7.64. The number of aliphatic hydroxyl groups excluding tert-OH is 2. The molecule has 18 heteroatoms. The third kappa shape index (κ3) is 9.45. The van der Waals surface area contributed by atoms with E-state index in [2.05, 4.69) is 31.8 Å². The summed E-state index contributed by atoms with van der Waals surface area (Å²) < 4.78 is 31.9. The van der Waals surface area contributed by atoms with Crippen molar-refractivity contribution in [2.45, 2.75) is 57.8 Å². The van der Waals surface area contributed by atoms with Crippen LogP contribution < -0.4 is 23.7 Å². The van der Waals surface area contributed by atoms with E-state index in [1.165, 1.54) is 17.7 Å². The number of fused-ring (bicyclic) bond motifs is 7. The van der Waals surface area contributed by atoms with Gasteiger partial charge in [0.1, 0.15) is 47.7 Å². The standard InChI is InChI=1S/C49H52Cl2N6O9S/c1-27-38-28(2)42(51)43(41(27)50)65-33(21-57-15-13-56(3)14-16-57)23-63-32-9-10-35(64-22-31-11-12-52-45(55-31)34-7-5-6-8-36(34)62-4)29(17-32)18-37(48(60)61)66-46-40-39(38)44(67-47(40)54-26-53-46)30-19-49(20-30,24-58)25-59/h5-12,17,26,30,33,37,58-59H,13-16,18-25H2,1-4H3,(H,60,61)/t33-,37-/m1/s1. The van der Waals surface area contributed by atoms with Gasteiger partial charge in [0, 0.05) is 66.8 Å². The molecule has 2 atom stereocenters. The molecule has 4 aliphatic rings. The first kappa shape index (κ1) is 46.8. The van der Waals surface area contributed by atoms with Gasteiger partial charge in [0.15, 0.2) is 11.6 Å². The van der Waals surface area contributed by atoms with Crippen LogP contribution in [0.2, 0.25) is 10.0 Å². The number of carbonyl (C=O) groups is 1. The van der Waals surface area contributed by atoms with Crippen LogP contribution in [0.25, 0.3) is 32.7 Å². The van der Waals surface area contributed by atoms with Crippen LogP contribution in [-0.4, -0.2) is 130 Å². The molecule has 0 unspecified atom stereocenters. The number of benzene rings is 3. The average molecular weight is 972 g/mol. The Bertz CT molecular complexity index is 2760. The lowest BCUT2D eigenvalue weighted by Gasteiger charge is -2.45. The maximum Gasteiger partial charge on any atom is 0.345 e. The van der Waals surface area contributed by atoms with E-state index in [0.717, 1.165) is 42.2 Å². The van der Waals surface area contributed by atoms with Crippen molar-refractivity contribution in [1.82, 2.24) is 29.7 Å². The van der Waals surface area contributed by atoms with Gasteiger partial charge in [0.2, 0.25) is 12.0 Å². The number of likely N-dealkylation sites (N-methyl/N-ethyl adjacent to an activating group) is 1. The zero-order valence-electron chi connectivity index (χ0n) is 37.6. The molecule has 2 fully saturated rings. The van der Waals surface area contributed by atoms with Crippen LogP contribution in [0.1, 0.15) is 46.0 Å². The van der Waals surface area contributed by atoms with Crippen LogP contribution in [0.15, 0.2) is 61.1 Å². The summed E-state index contributed by atoms with van der Waals surface area (Å²) in [5, 5.41) is 32.6. The minimum Gasteiger partial charge on any atom is -0.496 e. The lowest BCUT2D eigenvalue weighted by atomic mass is 9.61. The molecule has 6 heterocycles. The molecule has 3 aromatic carbocycles. The molecule has 3 aromatic heterocycles. The van der Waals surface area contributed by atoms with Gasteiger partial charge in [-0.15, -0.1) is 11.3 Å². The number of halogens is 2. The predicted molar refractivity (Wildman–Crippen MR) is 255 cm³/mol. The summed E-state index contributed by atoms with van der Waals surface area (Å²) in [6, 6.07) is 14.5. The number of piperazine rings is 1. The van der Waals surface area contributed by atoms with Crippen molar-refractivity contribution in [1.29, 1.82) is 0 Å². The molecule has 1 saturated carbocycles. The van der Waals surface area contributed by atoms with Gasteiger partial charge in [-0.05, 0) is 92.7 Å². The van der Waals surface area contributed by atoms with E-state index in [4.69, 9.17) is 51.9 Å². The van der Waals surface area contributed by atoms with E-state index in [0.29, 0.717) is 96.4 Å². The van der Waals surface area contributed by atoms with E-state index in [1.54, 1.807) is 37.6 Å². The van der Waals surface area contributed by atoms with Crippen molar-refractivity contribution >= 4 is 50.7 Å². The Hall–Kier alpha value is -5.33. The monoisotopic (exact) mass is 970 g/mol. The number of rotatable bonds is 11. The molecule has 352 valence electrons. The predicted octanol–water partition coefficient (Wildman–Crippen LogP) is 7.64. The number of para-hydroxylation sites is 1. The molecular weight excluding hydrogens is 920 g/mol. The number of carboxylic acid groups (broad SMARTS) is 1. The SMILES string of the molecule is COc1ccccc1-c1nccc(COc2ccc3cc2C[C@H](C(=O)O)Oc2ncnc4sc(C5CC(CO)(CO)C5)c(c24)-c2c(C)c(Cl)c(c(Cl)c2C)O[C@H](CN2CCN(C)CC2)CO3)n1. The highest BCUT2D eigenvalue weighted by molar-refractivity contribution is 7.19. The van der Waals surface area contributed by atoms with Crippen molar-refractivity contribution in [3.63, 3.8) is 0 Å². The lowest BCUT2D eigenvalue weighted by molar-refractivity contribution is -0.145. The number of nitrogens with zero attached hydrogens (tertiary/aromatic N) is 6. The fraction of sp³-hybridized carbons (Fsp3) is 0.408. The van der Waals surface area contributed by atoms with Crippen LogP contribution in [-0.2, 0) is 17.8 Å². The van der Waals surface area contributed by atoms with Gasteiger partial charge < -0.3 is 43.9 Å². The third-order valence-corrected chi connectivity index (χ3v) is 15.3. The summed E-state index contributed by atoms with van der Waals surface area (Å²) in [5.41, 5.74) is 3.99. The zero-order chi connectivity index (χ0) is 47.0. The fourth-order valence-electron chi connectivity index (χ4n) is 9.29. The number of thiophene rings is 1. The molecular formula is C49H52Cl2N6O9S. The van der Waals surface area contributed by atoms with Gasteiger partial charge in [0.25, 0.3) is 0 Å². The normalized spacial score (nSPS) is 18.9. The molecule has 1 aliphatic carbocycles. The van der Waals surface area contributed by atoms with Gasteiger partial charge in [0.05, 0.1) is 47.0 Å². The minimum atomic E-state index is -1.45. The number of methoxy groups -OCH3 is 1. The molecule has 1 saturated heterocycles. The summed E-state index contributed by atoms with van der Waals surface area (Å²) in [5.74, 6) is 1.04. The van der Waals surface area contributed by atoms with E-state index in [9.17, 15) is 20.1 Å². The van der Waals surface area contributed by atoms with Crippen molar-refractivity contribution in [2.75, 3.05) is 66.7 Å². The highest BCUT2D eigenvalue weighted by atomic mass is 35.5. The van der Waals surface area contributed by atoms with E-state index >= 15 is 0 Å². The number of carboxylic acids is 1. The number of aromatic nitrogens is 4. The Morgan fingerprint density at radius 3 is 2.40 bits per heavy atom. The number of aliphatic hydroxyl groups is 2. The number of ether oxygens (including phenoxy) is 5. The van der Waals surface area contributed by atoms with Crippen LogP contribution in [0.5, 0.6) is 28.9 Å². The van der Waals surface area contributed by atoms with Gasteiger partial charge in [-0.2, -0.15) is 0 Å². The molecule has 10 rings (SSSR count). The van der Waals surface area contributed by atoms with Gasteiger partial charge in [-0.1, -0.05) is 35.3 Å². The minimum absolute atomic E-state index is 0.0391. The highest BCUT2D eigenvalue weighted by Gasteiger charge is 2.46. The van der Waals surface area contributed by atoms with E-state index < -0.39 is 23.6 Å². The Morgan fingerprint density at radius 2 is 1.69 bits per heavy atom. The van der Waals surface area contributed by atoms with Gasteiger partial charge in [-0.3, -0.25) is 4.90 Å². The van der Waals surface area contributed by atoms with Crippen LogP contribution in [0.3, 0.4) is 0 Å². The van der Waals surface area contributed by atoms with Crippen molar-refractivity contribution in [2.24, 2.45) is 5.41 Å². The third-order valence-electron chi connectivity index (χ3n) is 13.1. The number of hydrogen-bond donors (Lipinski definition) is 3. The second-order valence-corrected chi connectivity index (χ2v) is 19.4. The topological polar surface area (TPSA) is 182 Å². The van der Waals surface area contributed by atoms with Crippen molar-refractivity contribution in [3.8, 4) is 51.4 Å². The molecule has 0 radical (unpaired) electrons. The first-order chi connectivity index (χ1) is 32.4. The summed E-state index contributed by atoms with van der Waals surface area (Å²) in [6.07, 6.45) is 1.93. The Labute approximate surface area is 402 Å². The van der Waals surface area contributed by atoms with Gasteiger partial charge in [-0.25, -0.2) is 24.7 Å². The fourth-order valence-corrected chi connectivity index (χ4v) is 11.0. The highest BCUT2D eigenvalue weighted by Crippen LogP contribution is 2.58.